The van der Waals surface area contributed by atoms with E-state index >= 15 is 0 Å². The predicted molar refractivity (Wildman–Crippen MR) is 121 cm³/mol. The van der Waals surface area contributed by atoms with Crippen molar-refractivity contribution < 1.29 is 0 Å². The van der Waals surface area contributed by atoms with Gasteiger partial charge in [0.15, 0.2) is 5.96 Å². The third kappa shape index (κ3) is 5.08. The van der Waals surface area contributed by atoms with Crippen LogP contribution in [0.15, 0.2) is 65.8 Å². The molecule has 2 N–H and O–H groups in total. The normalized spacial score (nSPS) is 17.6. The van der Waals surface area contributed by atoms with Crippen LogP contribution in [0, 0.1) is 0 Å². The number of rotatable bonds is 5. The molecule has 2 aliphatic rings. The molecule has 6 nitrogen and oxygen atoms in total. The second-order valence-corrected chi connectivity index (χ2v) is 7.56. The number of hydrogen-bond acceptors (Lipinski definition) is 4. The first-order valence-corrected chi connectivity index (χ1v) is 10.4. The molecule has 29 heavy (non-hydrogen) atoms. The molecule has 152 valence electrons. The van der Waals surface area contributed by atoms with Crippen molar-refractivity contribution in [2.75, 3.05) is 43.0 Å². The highest BCUT2D eigenvalue weighted by molar-refractivity contribution is 5.80. The second kappa shape index (κ2) is 9.45. The van der Waals surface area contributed by atoms with Gasteiger partial charge in [-0.3, -0.25) is 4.99 Å². The number of nitrogens with zero attached hydrogens (tertiary/aromatic N) is 4. The lowest BCUT2D eigenvalue weighted by Crippen LogP contribution is -2.48. The summed E-state index contributed by atoms with van der Waals surface area (Å²) < 4.78 is 0. The minimum Gasteiger partial charge on any atom is -0.364 e. The van der Waals surface area contributed by atoms with Gasteiger partial charge in [0.2, 0.25) is 0 Å². The zero-order valence-corrected chi connectivity index (χ0v) is 17.1. The quantitative estimate of drug-likeness (QED) is 0.467. The van der Waals surface area contributed by atoms with E-state index in [4.69, 9.17) is 0 Å². The molecule has 0 aliphatic carbocycles. The van der Waals surface area contributed by atoms with Crippen LogP contribution in [0.25, 0.3) is 0 Å². The van der Waals surface area contributed by atoms with Gasteiger partial charge in [-0.1, -0.05) is 30.4 Å². The molecule has 4 rings (SSSR count). The molecule has 1 aromatic carbocycles. The van der Waals surface area contributed by atoms with Crippen molar-refractivity contribution in [1.29, 1.82) is 0 Å². The van der Waals surface area contributed by atoms with Crippen LogP contribution in [0.1, 0.15) is 18.4 Å². The first-order chi connectivity index (χ1) is 14.3. The number of anilines is 2. The van der Waals surface area contributed by atoms with E-state index in [2.05, 4.69) is 72.9 Å². The Kier molecular flexibility index (Phi) is 6.29. The van der Waals surface area contributed by atoms with E-state index in [1.165, 1.54) is 11.3 Å². The molecule has 2 aliphatic heterocycles. The van der Waals surface area contributed by atoms with Crippen LogP contribution in [-0.2, 0) is 6.54 Å². The van der Waals surface area contributed by atoms with Gasteiger partial charge in [-0.25, -0.2) is 4.98 Å². The Bertz CT molecular complexity index is 814. The summed E-state index contributed by atoms with van der Waals surface area (Å²) in [6.45, 7) is 4.81. The summed E-state index contributed by atoms with van der Waals surface area (Å²) in [6, 6.07) is 15.3. The Hall–Kier alpha value is -3.02. The van der Waals surface area contributed by atoms with Gasteiger partial charge in [-0.15, -0.1) is 0 Å². The molecule has 1 saturated heterocycles. The van der Waals surface area contributed by atoms with Gasteiger partial charge in [0.1, 0.15) is 5.82 Å². The van der Waals surface area contributed by atoms with E-state index in [1.807, 2.05) is 25.4 Å². The predicted octanol–water partition coefficient (Wildman–Crippen LogP) is 2.79. The molecule has 1 aromatic heterocycles. The van der Waals surface area contributed by atoms with Crippen LogP contribution in [0.4, 0.5) is 11.5 Å². The average Bonchev–Trinajstić information content (AvgIpc) is 3.33. The van der Waals surface area contributed by atoms with E-state index in [0.29, 0.717) is 6.04 Å². The molecule has 0 atom stereocenters. The topological polar surface area (TPSA) is 55.8 Å². The van der Waals surface area contributed by atoms with Crippen LogP contribution in [0.5, 0.6) is 0 Å². The molecule has 0 saturated carbocycles. The largest absolute Gasteiger partial charge is 0.364 e. The minimum atomic E-state index is 0.436. The Labute approximate surface area is 173 Å². The minimum absolute atomic E-state index is 0.436. The summed E-state index contributed by atoms with van der Waals surface area (Å²) in [5, 5.41) is 7.03. The van der Waals surface area contributed by atoms with Crippen molar-refractivity contribution in [2.45, 2.75) is 25.4 Å². The molecule has 6 heteroatoms. The number of hydrogen-bond donors (Lipinski definition) is 2. The number of piperidine rings is 1. The van der Waals surface area contributed by atoms with E-state index < -0.39 is 0 Å². The first kappa shape index (κ1) is 19.3. The number of benzene rings is 1. The van der Waals surface area contributed by atoms with Gasteiger partial charge in [0, 0.05) is 57.7 Å². The molecule has 3 heterocycles. The fraction of sp³-hybridized carbons (Fsp3) is 0.391. The van der Waals surface area contributed by atoms with Gasteiger partial charge in [0.05, 0.1) is 0 Å². The summed E-state index contributed by atoms with van der Waals surface area (Å²) >= 11 is 0. The van der Waals surface area contributed by atoms with E-state index in [0.717, 1.165) is 57.3 Å². The number of pyridine rings is 1. The maximum atomic E-state index is 4.46. The Morgan fingerprint density at radius 2 is 1.79 bits per heavy atom. The molecular formula is C23H30N6. The smallest absolute Gasteiger partial charge is 0.191 e. The van der Waals surface area contributed by atoms with Crippen LogP contribution in [0.3, 0.4) is 0 Å². The van der Waals surface area contributed by atoms with Gasteiger partial charge < -0.3 is 20.4 Å². The second-order valence-electron chi connectivity index (χ2n) is 7.56. The summed E-state index contributed by atoms with van der Waals surface area (Å²) in [5.74, 6) is 1.94. The van der Waals surface area contributed by atoms with Crippen LogP contribution >= 0.6 is 0 Å². The zero-order valence-electron chi connectivity index (χ0n) is 17.1. The van der Waals surface area contributed by atoms with Crippen LogP contribution < -0.4 is 20.4 Å². The van der Waals surface area contributed by atoms with Gasteiger partial charge >= 0.3 is 0 Å². The van der Waals surface area contributed by atoms with Gasteiger partial charge in [-0.05, 0) is 42.7 Å². The summed E-state index contributed by atoms with van der Waals surface area (Å²) in [6.07, 6.45) is 8.45. The first-order valence-electron chi connectivity index (χ1n) is 10.4. The van der Waals surface area contributed by atoms with Crippen LogP contribution in [0.2, 0.25) is 0 Å². The third-order valence-electron chi connectivity index (χ3n) is 5.61. The Balaban J connectivity index is 1.23. The monoisotopic (exact) mass is 390 g/mol. The summed E-state index contributed by atoms with van der Waals surface area (Å²) in [5.41, 5.74) is 2.54. The molecule has 0 radical (unpaired) electrons. The molecule has 0 amide bonds. The molecule has 0 spiro atoms. The van der Waals surface area contributed by atoms with Crippen molar-refractivity contribution in [1.82, 2.24) is 15.6 Å². The van der Waals surface area contributed by atoms with E-state index in [-0.39, 0.29) is 0 Å². The summed E-state index contributed by atoms with van der Waals surface area (Å²) in [7, 11) is 1.84. The molecule has 0 bridgehead atoms. The highest BCUT2D eigenvalue weighted by Crippen LogP contribution is 2.18. The maximum absolute atomic E-state index is 4.46. The number of guanidine groups is 1. The molecular weight excluding hydrogens is 360 g/mol. The van der Waals surface area contributed by atoms with Crippen molar-refractivity contribution in [3.05, 3.63) is 66.4 Å². The lowest BCUT2D eigenvalue weighted by Gasteiger charge is -2.33. The number of aromatic nitrogens is 1. The summed E-state index contributed by atoms with van der Waals surface area (Å²) in [4.78, 5) is 13.6. The third-order valence-corrected chi connectivity index (χ3v) is 5.61. The van der Waals surface area contributed by atoms with Crippen molar-refractivity contribution in [3.8, 4) is 0 Å². The van der Waals surface area contributed by atoms with Crippen molar-refractivity contribution in [2.24, 2.45) is 4.99 Å². The SMILES string of the molecule is CN=C(NCc1ccc(N2CC=CC2)cc1)NC1CCN(c2ccccn2)CC1. The highest BCUT2D eigenvalue weighted by Gasteiger charge is 2.20. The molecule has 1 fully saturated rings. The Morgan fingerprint density at radius 1 is 1.03 bits per heavy atom. The van der Waals surface area contributed by atoms with Crippen molar-refractivity contribution >= 4 is 17.5 Å². The van der Waals surface area contributed by atoms with E-state index in [1.54, 1.807) is 0 Å². The number of nitrogens with one attached hydrogen (secondary N) is 2. The molecule has 0 unspecified atom stereocenters. The van der Waals surface area contributed by atoms with Gasteiger partial charge in [-0.2, -0.15) is 0 Å². The average molecular weight is 391 g/mol. The molecule has 2 aromatic rings. The number of aliphatic imine (C=N–C) groups is 1. The Morgan fingerprint density at radius 3 is 2.45 bits per heavy atom. The standard InChI is InChI=1S/C23H30N6/c1-24-23(26-18-19-7-9-21(10-8-19)28-14-4-5-15-28)27-20-11-16-29(17-12-20)22-6-2-3-13-25-22/h2-10,13,20H,11-12,14-18H2,1H3,(H2,24,26,27). The fourth-order valence-electron chi connectivity index (χ4n) is 3.88. The maximum Gasteiger partial charge on any atom is 0.191 e. The van der Waals surface area contributed by atoms with Gasteiger partial charge in [0.25, 0.3) is 0 Å². The zero-order chi connectivity index (χ0) is 19.9. The highest BCUT2D eigenvalue weighted by atomic mass is 15.2. The van der Waals surface area contributed by atoms with E-state index in [9.17, 15) is 0 Å². The van der Waals surface area contributed by atoms with Crippen molar-refractivity contribution in [3.63, 3.8) is 0 Å². The fourth-order valence-corrected chi connectivity index (χ4v) is 3.88. The van der Waals surface area contributed by atoms with Crippen LogP contribution in [-0.4, -0.2) is 50.2 Å². The lowest BCUT2D eigenvalue weighted by atomic mass is 10.1. The lowest BCUT2D eigenvalue weighted by molar-refractivity contribution is 0.459.